The Hall–Kier alpha value is -2.65. The third-order valence-electron chi connectivity index (χ3n) is 4.28. The summed E-state index contributed by atoms with van der Waals surface area (Å²) < 4.78 is 6.26. The monoisotopic (exact) mass is 320 g/mol. The largest absolute Gasteiger partial charge is 0.445 e. The van der Waals surface area contributed by atoms with E-state index in [0.29, 0.717) is 0 Å². The molecule has 3 rings (SSSR count). The summed E-state index contributed by atoms with van der Waals surface area (Å²) in [5.41, 5.74) is 17.2. The number of hydrogen-bond acceptors (Lipinski definition) is 7. The summed E-state index contributed by atoms with van der Waals surface area (Å²) in [7, 11) is 0. The minimum atomic E-state index is -1.09. The molecule has 23 heavy (non-hydrogen) atoms. The van der Waals surface area contributed by atoms with Gasteiger partial charge in [-0.2, -0.15) is 0 Å². The number of fused-ring (bicyclic) bond motifs is 3. The summed E-state index contributed by atoms with van der Waals surface area (Å²) in [6.07, 6.45) is -2.13. The van der Waals surface area contributed by atoms with E-state index in [1.165, 1.54) is 11.5 Å². The molecule has 0 spiro atoms. The number of rotatable bonds is 2. The minimum Gasteiger partial charge on any atom is -0.445 e. The maximum absolute atomic E-state index is 12.5. The number of ether oxygens (including phenoxy) is 1. The van der Waals surface area contributed by atoms with Crippen molar-refractivity contribution in [2.24, 2.45) is 17.2 Å². The first kappa shape index (κ1) is 15.3. The van der Waals surface area contributed by atoms with E-state index in [-0.39, 0.29) is 46.9 Å². The van der Waals surface area contributed by atoms with Gasteiger partial charge in [0, 0.05) is 17.7 Å². The number of ketones is 2. The normalized spacial score (nSPS) is 23.1. The number of hydrogen-bond donors (Lipinski definition) is 4. The van der Waals surface area contributed by atoms with Gasteiger partial charge in [0.2, 0.25) is 11.6 Å². The van der Waals surface area contributed by atoms with Crippen molar-refractivity contribution in [1.82, 2.24) is 4.57 Å². The lowest BCUT2D eigenvalue weighted by Gasteiger charge is -2.17. The van der Waals surface area contributed by atoms with Crippen LogP contribution >= 0.6 is 0 Å². The lowest BCUT2D eigenvalue weighted by molar-refractivity contribution is 0.0964. The zero-order valence-electron chi connectivity index (χ0n) is 12.3. The Kier molecular flexibility index (Phi) is 3.27. The number of nitrogens with zero attached hydrogens (tertiary/aromatic N) is 1. The lowest BCUT2D eigenvalue weighted by atomic mass is 9.89. The number of carbonyl (C=O) groups excluding carboxylic acids is 3. The molecular formula is C14H16N4O5. The number of primary amides is 1. The number of nitrogens with two attached hydrogens (primary N) is 3. The summed E-state index contributed by atoms with van der Waals surface area (Å²) in [4.78, 5) is 35.9. The number of allylic oxidation sites excluding steroid dienone is 2. The fourth-order valence-electron chi connectivity index (χ4n) is 3.11. The van der Waals surface area contributed by atoms with E-state index in [4.69, 9.17) is 21.9 Å². The fourth-order valence-corrected chi connectivity index (χ4v) is 3.11. The summed E-state index contributed by atoms with van der Waals surface area (Å²) in [5, 5.41) is 10.3. The number of aromatic nitrogens is 1. The van der Waals surface area contributed by atoms with Crippen LogP contribution in [-0.4, -0.2) is 33.4 Å². The van der Waals surface area contributed by atoms with E-state index >= 15 is 0 Å². The molecule has 1 aromatic rings. The standard InChI is InChI=1S/C14H16N4O5/c1-4-8(16)13(21)7-5(3-23-14(17)22)9-12(20)6(15)2-18(9)10(7)11(4)19/h6,12,20H,2-3,15-16H2,1H3,(H2,17,22)/t6-,12?/m0/s1. The van der Waals surface area contributed by atoms with Crippen molar-refractivity contribution in [3.8, 4) is 0 Å². The number of amides is 1. The second kappa shape index (κ2) is 4.93. The molecule has 2 heterocycles. The van der Waals surface area contributed by atoms with Crippen molar-refractivity contribution in [2.45, 2.75) is 32.2 Å². The second-order valence-electron chi connectivity index (χ2n) is 5.61. The molecule has 1 aliphatic carbocycles. The van der Waals surface area contributed by atoms with Gasteiger partial charge in [0.1, 0.15) is 18.4 Å². The van der Waals surface area contributed by atoms with Gasteiger partial charge in [-0.1, -0.05) is 0 Å². The van der Waals surface area contributed by atoms with Crippen LogP contribution in [0.5, 0.6) is 0 Å². The lowest BCUT2D eigenvalue weighted by Crippen LogP contribution is -2.30. The maximum Gasteiger partial charge on any atom is 0.404 e. The molecule has 0 saturated carbocycles. The summed E-state index contributed by atoms with van der Waals surface area (Å²) in [5.74, 6) is -0.951. The van der Waals surface area contributed by atoms with Crippen LogP contribution in [-0.2, 0) is 17.9 Å². The van der Waals surface area contributed by atoms with E-state index in [1.54, 1.807) is 0 Å². The van der Waals surface area contributed by atoms with Crippen molar-refractivity contribution in [3.05, 3.63) is 33.8 Å². The predicted octanol–water partition coefficient (Wildman–Crippen LogP) is -0.931. The van der Waals surface area contributed by atoms with Gasteiger partial charge in [-0.05, 0) is 6.92 Å². The number of aliphatic hydroxyl groups is 1. The van der Waals surface area contributed by atoms with Gasteiger partial charge in [0.25, 0.3) is 0 Å². The Balaban J connectivity index is 2.25. The van der Waals surface area contributed by atoms with E-state index in [2.05, 4.69) is 0 Å². The number of carbonyl (C=O) groups is 3. The van der Waals surface area contributed by atoms with Crippen molar-refractivity contribution in [2.75, 3.05) is 0 Å². The molecule has 1 unspecified atom stereocenters. The summed E-state index contributed by atoms with van der Waals surface area (Å²) in [6, 6.07) is -0.630. The third-order valence-corrected chi connectivity index (χ3v) is 4.28. The smallest absolute Gasteiger partial charge is 0.404 e. The molecule has 0 aromatic carbocycles. The highest BCUT2D eigenvalue weighted by Gasteiger charge is 2.43. The zero-order valence-corrected chi connectivity index (χ0v) is 12.3. The van der Waals surface area contributed by atoms with Gasteiger partial charge in [-0.3, -0.25) is 9.59 Å². The molecule has 9 nitrogen and oxygen atoms in total. The molecule has 0 bridgehead atoms. The Labute approximate surface area is 130 Å². The molecule has 122 valence electrons. The van der Waals surface area contributed by atoms with Crippen LogP contribution in [0.4, 0.5) is 4.79 Å². The average Bonchev–Trinajstić information content (AvgIpc) is 2.96. The summed E-state index contributed by atoms with van der Waals surface area (Å²) >= 11 is 0. The first-order chi connectivity index (χ1) is 10.8. The Morgan fingerprint density at radius 2 is 2.04 bits per heavy atom. The van der Waals surface area contributed by atoms with Crippen molar-refractivity contribution in [1.29, 1.82) is 0 Å². The molecule has 0 saturated heterocycles. The van der Waals surface area contributed by atoms with E-state index in [9.17, 15) is 19.5 Å². The number of aliphatic hydroxyl groups excluding tert-OH is 1. The van der Waals surface area contributed by atoms with Crippen LogP contribution in [0, 0.1) is 0 Å². The third kappa shape index (κ3) is 1.97. The SMILES string of the molecule is CC1=C(N)C(=O)c2c(COC(N)=O)c3n(c2C1=O)C[C@H](N)C3O. The molecule has 2 aliphatic rings. The molecule has 0 fully saturated rings. The Morgan fingerprint density at radius 3 is 2.65 bits per heavy atom. The zero-order chi connectivity index (χ0) is 17.0. The highest BCUT2D eigenvalue weighted by molar-refractivity contribution is 6.26. The van der Waals surface area contributed by atoms with Crippen LogP contribution in [0.3, 0.4) is 0 Å². The Bertz CT molecular complexity index is 792. The molecule has 1 aromatic heterocycles. The van der Waals surface area contributed by atoms with Gasteiger partial charge in [-0.15, -0.1) is 0 Å². The topological polar surface area (TPSA) is 164 Å². The highest BCUT2D eigenvalue weighted by atomic mass is 16.5. The average molecular weight is 320 g/mol. The van der Waals surface area contributed by atoms with Crippen molar-refractivity contribution in [3.63, 3.8) is 0 Å². The molecule has 1 amide bonds. The van der Waals surface area contributed by atoms with Gasteiger partial charge in [0.05, 0.1) is 23.0 Å². The van der Waals surface area contributed by atoms with Gasteiger partial charge < -0.3 is 31.6 Å². The minimum absolute atomic E-state index is 0.0419. The Morgan fingerprint density at radius 1 is 1.39 bits per heavy atom. The van der Waals surface area contributed by atoms with Crippen LogP contribution in [0.25, 0.3) is 0 Å². The quantitative estimate of drug-likeness (QED) is 0.546. The fraction of sp³-hybridized carbons (Fsp3) is 0.357. The highest BCUT2D eigenvalue weighted by Crippen LogP contribution is 2.39. The van der Waals surface area contributed by atoms with Crippen LogP contribution in [0.1, 0.15) is 45.1 Å². The maximum atomic E-state index is 12.5. The molecule has 0 radical (unpaired) electrons. The van der Waals surface area contributed by atoms with Crippen molar-refractivity contribution >= 4 is 17.7 Å². The van der Waals surface area contributed by atoms with E-state index in [1.807, 2.05) is 0 Å². The molecular weight excluding hydrogens is 304 g/mol. The second-order valence-corrected chi connectivity index (χ2v) is 5.61. The van der Waals surface area contributed by atoms with Crippen LogP contribution in [0.2, 0.25) is 0 Å². The first-order valence-corrected chi connectivity index (χ1v) is 6.92. The molecule has 9 heteroatoms. The van der Waals surface area contributed by atoms with E-state index < -0.39 is 29.8 Å². The van der Waals surface area contributed by atoms with Crippen LogP contribution in [0.15, 0.2) is 11.3 Å². The van der Waals surface area contributed by atoms with Crippen LogP contribution < -0.4 is 17.2 Å². The molecule has 7 N–H and O–H groups in total. The van der Waals surface area contributed by atoms with Gasteiger partial charge in [0.15, 0.2) is 0 Å². The van der Waals surface area contributed by atoms with Gasteiger partial charge >= 0.3 is 6.09 Å². The van der Waals surface area contributed by atoms with Crippen molar-refractivity contribution < 1.29 is 24.2 Å². The number of Topliss-reactive ketones (excluding diaryl/α,β-unsaturated/α-hetero) is 2. The summed E-state index contributed by atoms with van der Waals surface area (Å²) in [6.45, 7) is 1.28. The predicted molar refractivity (Wildman–Crippen MR) is 77.3 cm³/mol. The molecule has 2 atom stereocenters. The molecule has 1 aliphatic heterocycles. The van der Waals surface area contributed by atoms with E-state index in [0.717, 1.165) is 0 Å². The first-order valence-electron chi connectivity index (χ1n) is 6.92. The van der Waals surface area contributed by atoms with Gasteiger partial charge in [-0.25, -0.2) is 4.79 Å².